The zero-order valence-electron chi connectivity index (χ0n) is 17.5. The quantitative estimate of drug-likeness (QED) is 0.365. The van der Waals surface area contributed by atoms with Crippen LogP contribution >= 0.6 is 0 Å². The molecule has 4 N–H and O–H groups in total. The lowest BCUT2D eigenvalue weighted by Crippen LogP contribution is -2.39. The van der Waals surface area contributed by atoms with Gasteiger partial charge in [0, 0.05) is 54.9 Å². The van der Waals surface area contributed by atoms with Crippen LogP contribution in [0.5, 0.6) is 0 Å². The van der Waals surface area contributed by atoms with Crippen molar-refractivity contribution < 1.29 is 4.74 Å². The zero-order valence-corrected chi connectivity index (χ0v) is 17.5. The smallest absolute Gasteiger partial charge is 0.180 e. The van der Waals surface area contributed by atoms with Crippen molar-refractivity contribution >= 4 is 28.4 Å². The molecule has 4 heterocycles. The van der Waals surface area contributed by atoms with E-state index >= 15 is 0 Å². The first-order valence-electron chi connectivity index (χ1n) is 10.5. The Hall–Kier alpha value is -3.43. The molecule has 0 radical (unpaired) electrons. The molecular formula is C22H26N8O. The Labute approximate surface area is 180 Å². The molecular weight excluding hydrogens is 392 g/mol. The molecule has 0 saturated carbocycles. The minimum Gasteiger partial charge on any atom is -0.379 e. The molecule has 9 heteroatoms. The summed E-state index contributed by atoms with van der Waals surface area (Å²) in [5.74, 6) is 2.80. The molecule has 4 aromatic rings. The molecule has 5 rings (SSSR count). The highest BCUT2D eigenvalue weighted by atomic mass is 16.5. The Bertz CT molecular complexity index is 1130. The number of aryl methyl sites for hydroxylation is 1. The normalized spacial score (nSPS) is 14.7. The average Bonchev–Trinajstić information content (AvgIpc) is 3.40. The van der Waals surface area contributed by atoms with Gasteiger partial charge < -0.3 is 20.4 Å². The first kappa shape index (κ1) is 19.5. The topological polar surface area (TPSA) is 107 Å². The van der Waals surface area contributed by atoms with Crippen LogP contribution in [-0.2, 0) is 4.74 Å². The van der Waals surface area contributed by atoms with Crippen molar-refractivity contribution in [3.63, 3.8) is 0 Å². The number of aromatic amines is 2. The fourth-order valence-corrected chi connectivity index (χ4v) is 3.70. The summed E-state index contributed by atoms with van der Waals surface area (Å²) in [5.41, 5.74) is 2.92. The third kappa shape index (κ3) is 4.68. The van der Waals surface area contributed by atoms with Gasteiger partial charge in [0.1, 0.15) is 11.6 Å². The number of hydrogen-bond donors (Lipinski definition) is 4. The number of ether oxygens (including phenoxy) is 1. The van der Waals surface area contributed by atoms with Crippen LogP contribution in [0.1, 0.15) is 5.69 Å². The summed E-state index contributed by atoms with van der Waals surface area (Å²) in [7, 11) is 0. The Morgan fingerprint density at radius 3 is 2.68 bits per heavy atom. The summed E-state index contributed by atoms with van der Waals surface area (Å²) >= 11 is 0. The molecule has 3 aromatic heterocycles. The maximum Gasteiger partial charge on any atom is 0.180 e. The number of H-pyrrole nitrogens is 2. The fraction of sp³-hybridized carbons (Fsp3) is 0.318. The molecule has 1 aliphatic rings. The Morgan fingerprint density at radius 1 is 1.03 bits per heavy atom. The van der Waals surface area contributed by atoms with E-state index in [1.165, 1.54) is 0 Å². The van der Waals surface area contributed by atoms with E-state index in [4.69, 9.17) is 14.7 Å². The molecule has 0 unspecified atom stereocenters. The van der Waals surface area contributed by atoms with Gasteiger partial charge in [0.15, 0.2) is 11.6 Å². The number of morpholine rings is 1. The molecule has 0 aliphatic carbocycles. The highest BCUT2D eigenvalue weighted by Crippen LogP contribution is 2.25. The molecule has 9 nitrogen and oxygen atoms in total. The predicted molar refractivity (Wildman–Crippen MR) is 122 cm³/mol. The van der Waals surface area contributed by atoms with Gasteiger partial charge in [-0.25, -0.2) is 9.97 Å². The van der Waals surface area contributed by atoms with E-state index in [0.29, 0.717) is 11.6 Å². The lowest BCUT2D eigenvalue weighted by molar-refractivity contribution is 0.0398. The molecule has 1 fully saturated rings. The maximum atomic E-state index is 5.43. The monoisotopic (exact) mass is 418 g/mol. The second kappa shape index (κ2) is 8.75. The van der Waals surface area contributed by atoms with E-state index in [1.807, 2.05) is 31.2 Å². The number of fused-ring (bicyclic) bond motifs is 1. The van der Waals surface area contributed by atoms with Crippen LogP contribution in [0.15, 0.2) is 42.5 Å². The number of para-hydroxylation sites is 1. The van der Waals surface area contributed by atoms with Crippen LogP contribution in [0, 0.1) is 6.92 Å². The molecule has 31 heavy (non-hydrogen) atoms. The standard InChI is InChI=1S/C22H26N8O/c1-15-12-21(29-28-15)25-20-14-19(23-6-7-30-8-10-31-11-9-30)26-22(27-20)18-13-16-4-2-3-5-17(16)24-18/h2-5,12-14,24H,6-11H2,1H3,(H3,23,25,26,27,28,29). The van der Waals surface area contributed by atoms with Gasteiger partial charge >= 0.3 is 0 Å². The van der Waals surface area contributed by atoms with E-state index in [2.05, 4.69) is 48.9 Å². The van der Waals surface area contributed by atoms with Gasteiger partial charge in [-0.15, -0.1) is 0 Å². The number of rotatable bonds is 7. The fourth-order valence-electron chi connectivity index (χ4n) is 3.70. The van der Waals surface area contributed by atoms with Crippen molar-refractivity contribution in [3.8, 4) is 11.5 Å². The first-order chi connectivity index (χ1) is 15.2. The number of hydrogen-bond acceptors (Lipinski definition) is 7. The maximum absolute atomic E-state index is 5.43. The Kier molecular flexibility index (Phi) is 5.51. The number of aromatic nitrogens is 5. The van der Waals surface area contributed by atoms with E-state index < -0.39 is 0 Å². The molecule has 160 valence electrons. The van der Waals surface area contributed by atoms with E-state index in [9.17, 15) is 0 Å². The first-order valence-corrected chi connectivity index (χ1v) is 10.5. The minimum absolute atomic E-state index is 0.627. The van der Waals surface area contributed by atoms with Crippen LogP contribution in [0.3, 0.4) is 0 Å². The summed E-state index contributed by atoms with van der Waals surface area (Å²) in [6, 6.07) is 14.1. The van der Waals surface area contributed by atoms with Crippen LogP contribution in [0.4, 0.5) is 17.5 Å². The molecule has 1 aromatic carbocycles. The third-order valence-corrected chi connectivity index (χ3v) is 5.30. The van der Waals surface area contributed by atoms with E-state index in [-0.39, 0.29) is 0 Å². The highest BCUT2D eigenvalue weighted by Gasteiger charge is 2.13. The van der Waals surface area contributed by atoms with Gasteiger partial charge in [-0.05, 0) is 19.1 Å². The second-order valence-corrected chi connectivity index (χ2v) is 7.67. The van der Waals surface area contributed by atoms with Gasteiger partial charge in [0.2, 0.25) is 0 Å². The van der Waals surface area contributed by atoms with Gasteiger partial charge in [0.05, 0.1) is 18.9 Å². The number of nitrogens with one attached hydrogen (secondary N) is 4. The van der Waals surface area contributed by atoms with Gasteiger partial charge in [-0.1, -0.05) is 18.2 Å². The van der Waals surface area contributed by atoms with Crippen LogP contribution < -0.4 is 10.6 Å². The molecule has 0 bridgehead atoms. The molecule has 1 aliphatic heterocycles. The second-order valence-electron chi connectivity index (χ2n) is 7.67. The summed E-state index contributed by atoms with van der Waals surface area (Å²) in [4.78, 5) is 15.3. The van der Waals surface area contributed by atoms with Crippen molar-refractivity contribution in [3.05, 3.63) is 48.2 Å². The SMILES string of the molecule is Cc1cc(Nc2cc(NCCN3CCOCC3)nc(-c3cc4ccccc4[nH]3)n2)n[nH]1. The van der Waals surface area contributed by atoms with Crippen LogP contribution in [0.25, 0.3) is 22.4 Å². The lowest BCUT2D eigenvalue weighted by atomic mass is 10.2. The molecule has 0 spiro atoms. The molecule has 0 amide bonds. The van der Waals surface area contributed by atoms with E-state index in [0.717, 1.165) is 73.3 Å². The zero-order chi connectivity index (χ0) is 21.0. The van der Waals surface area contributed by atoms with Gasteiger partial charge in [-0.2, -0.15) is 5.10 Å². The van der Waals surface area contributed by atoms with Crippen molar-refractivity contribution in [2.24, 2.45) is 0 Å². The van der Waals surface area contributed by atoms with Crippen molar-refractivity contribution in [1.29, 1.82) is 0 Å². The highest BCUT2D eigenvalue weighted by molar-refractivity contribution is 5.85. The Morgan fingerprint density at radius 2 is 1.87 bits per heavy atom. The molecule has 1 saturated heterocycles. The number of nitrogens with zero attached hydrogens (tertiary/aromatic N) is 4. The summed E-state index contributed by atoms with van der Waals surface area (Å²) in [5, 5.41) is 15.1. The lowest BCUT2D eigenvalue weighted by Gasteiger charge is -2.26. The number of benzene rings is 1. The van der Waals surface area contributed by atoms with Crippen LogP contribution in [0.2, 0.25) is 0 Å². The average molecular weight is 419 g/mol. The summed E-state index contributed by atoms with van der Waals surface area (Å²) in [6.45, 7) is 7.24. The summed E-state index contributed by atoms with van der Waals surface area (Å²) in [6.07, 6.45) is 0. The van der Waals surface area contributed by atoms with Crippen molar-refractivity contribution in [1.82, 2.24) is 30.0 Å². The van der Waals surface area contributed by atoms with Crippen molar-refractivity contribution in [2.75, 3.05) is 50.0 Å². The third-order valence-electron chi connectivity index (χ3n) is 5.30. The van der Waals surface area contributed by atoms with Crippen molar-refractivity contribution in [2.45, 2.75) is 6.92 Å². The minimum atomic E-state index is 0.627. The van der Waals surface area contributed by atoms with E-state index in [1.54, 1.807) is 0 Å². The van der Waals surface area contributed by atoms with Gasteiger partial charge in [-0.3, -0.25) is 10.00 Å². The Balaban J connectivity index is 1.40. The predicted octanol–water partition coefficient (Wildman–Crippen LogP) is 3.14. The van der Waals surface area contributed by atoms with Gasteiger partial charge in [0.25, 0.3) is 0 Å². The summed E-state index contributed by atoms with van der Waals surface area (Å²) < 4.78 is 5.43. The van der Waals surface area contributed by atoms with Crippen LogP contribution in [-0.4, -0.2) is 69.4 Å². The molecule has 0 atom stereocenters. The number of anilines is 3. The largest absolute Gasteiger partial charge is 0.379 e.